The van der Waals surface area contributed by atoms with Crippen molar-refractivity contribution in [2.75, 3.05) is 11.4 Å². The van der Waals surface area contributed by atoms with E-state index < -0.39 is 0 Å². The summed E-state index contributed by atoms with van der Waals surface area (Å²) in [4.78, 5) is 16.9. The molecule has 0 unspecified atom stereocenters. The highest BCUT2D eigenvalue weighted by Crippen LogP contribution is 2.43. The van der Waals surface area contributed by atoms with Crippen LogP contribution in [0.25, 0.3) is 0 Å². The van der Waals surface area contributed by atoms with Crippen LogP contribution in [0.15, 0.2) is 34.7 Å². The van der Waals surface area contributed by atoms with Gasteiger partial charge in [0.2, 0.25) is 5.91 Å². The van der Waals surface area contributed by atoms with Crippen LogP contribution >= 0.6 is 23.2 Å². The summed E-state index contributed by atoms with van der Waals surface area (Å²) in [6.45, 7) is 2.80. The lowest BCUT2D eigenvalue weighted by Gasteiger charge is -2.27. The molecule has 1 amide bonds. The van der Waals surface area contributed by atoms with E-state index in [1.165, 1.54) is 0 Å². The van der Waals surface area contributed by atoms with Crippen molar-refractivity contribution in [1.29, 1.82) is 0 Å². The molecule has 3 heterocycles. The van der Waals surface area contributed by atoms with Crippen molar-refractivity contribution in [2.45, 2.75) is 32.0 Å². The number of anilines is 1. The van der Waals surface area contributed by atoms with E-state index in [-0.39, 0.29) is 18.1 Å². The van der Waals surface area contributed by atoms with E-state index in [4.69, 9.17) is 27.6 Å². The third-order valence-electron chi connectivity index (χ3n) is 4.57. The number of rotatable bonds is 2. The molecule has 1 aromatic heterocycles. The average Bonchev–Trinajstić information content (AvgIpc) is 3.20. The summed E-state index contributed by atoms with van der Waals surface area (Å²) in [5, 5.41) is 0.923. The first kappa shape index (κ1) is 15.1. The highest BCUT2D eigenvalue weighted by Gasteiger charge is 2.50. The van der Waals surface area contributed by atoms with E-state index in [0.29, 0.717) is 10.0 Å². The Morgan fingerprint density at radius 3 is 2.70 bits per heavy atom. The minimum absolute atomic E-state index is 0.0835. The van der Waals surface area contributed by atoms with E-state index in [0.717, 1.165) is 36.6 Å². The van der Waals surface area contributed by atoms with E-state index in [2.05, 4.69) is 4.90 Å². The number of carbonyl (C=O) groups is 1. The van der Waals surface area contributed by atoms with Crippen molar-refractivity contribution >= 4 is 34.8 Å². The number of halogens is 2. The first-order valence-corrected chi connectivity index (χ1v) is 8.42. The van der Waals surface area contributed by atoms with Gasteiger partial charge >= 0.3 is 0 Å². The number of furan rings is 1. The standard InChI is InChI=1S/C17H16Cl2N2O2/c1-10-4-7-15(23-10)16-20-8-2-3-14(20)17(22)21(16)11-5-6-12(18)13(19)9-11/h4-7,9,14,16H,2-3,8H2,1H3/t14-,16+/m0/s1. The quantitative estimate of drug-likeness (QED) is 0.805. The molecular weight excluding hydrogens is 335 g/mol. The summed E-state index contributed by atoms with van der Waals surface area (Å²) in [5.41, 5.74) is 0.748. The second kappa shape index (κ2) is 5.55. The van der Waals surface area contributed by atoms with Gasteiger partial charge in [0, 0.05) is 12.2 Å². The smallest absolute Gasteiger partial charge is 0.246 e. The minimum atomic E-state index is -0.221. The molecule has 0 N–H and O–H groups in total. The molecule has 0 spiro atoms. The Morgan fingerprint density at radius 2 is 2.00 bits per heavy atom. The third kappa shape index (κ3) is 2.36. The molecule has 23 heavy (non-hydrogen) atoms. The first-order chi connectivity index (χ1) is 11.1. The van der Waals surface area contributed by atoms with Gasteiger partial charge in [-0.15, -0.1) is 0 Å². The van der Waals surface area contributed by atoms with Gasteiger partial charge in [0.1, 0.15) is 17.7 Å². The fourth-order valence-electron chi connectivity index (χ4n) is 3.56. The lowest BCUT2D eigenvalue weighted by atomic mass is 10.2. The lowest BCUT2D eigenvalue weighted by molar-refractivity contribution is -0.119. The Balaban J connectivity index is 1.81. The highest BCUT2D eigenvalue weighted by atomic mass is 35.5. The maximum atomic E-state index is 12.9. The van der Waals surface area contributed by atoms with Gasteiger partial charge in [0.25, 0.3) is 0 Å². The Hall–Kier alpha value is -1.49. The number of aryl methyl sites for hydroxylation is 1. The minimum Gasteiger partial charge on any atom is -0.463 e. The Kier molecular flexibility index (Phi) is 3.63. The number of carbonyl (C=O) groups excluding carboxylic acids is 1. The lowest BCUT2D eigenvalue weighted by Crippen LogP contribution is -2.32. The van der Waals surface area contributed by atoms with Gasteiger partial charge in [0.05, 0.1) is 16.1 Å². The summed E-state index contributed by atoms with van der Waals surface area (Å²) in [7, 11) is 0. The summed E-state index contributed by atoms with van der Waals surface area (Å²) >= 11 is 12.2. The molecule has 2 aliphatic heterocycles. The van der Waals surface area contributed by atoms with Crippen LogP contribution in [0.1, 0.15) is 30.5 Å². The van der Waals surface area contributed by atoms with Gasteiger partial charge in [-0.2, -0.15) is 0 Å². The summed E-state index contributed by atoms with van der Waals surface area (Å²) in [5.74, 6) is 1.72. The summed E-state index contributed by atoms with van der Waals surface area (Å²) < 4.78 is 5.84. The van der Waals surface area contributed by atoms with Crippen molar-refractivity contribution in [2.24, 2.45) is 0 Å². The third-order valence-corrected chi connectivity index (χ3v) is 5.31. The second-order valence-corrected chi connectivity index (χ2v) is 6.84. The van der Waals surface area contributed by atoms with E-state index >= 15 is 0 Å². The molecule has 0 bridgehead atoms. The maximum absolute atomic E-state index is 12.9. The normalized spacial score (nSPS) is 24.5. The van der Waals surface area contributed by atoms with Crippen LogP contribution in [0.2, 0.25) is 10.0 Å². The van der Waals surface area contributed by atoms with Gasteiger partial charge in [-0.05, 0) is 50.1 Å². The number of hydrogen-bond donors (Lipinski definition) is 0. The maximum Gasteiger partial charge on any atom is 0.246 e. The van der Waals surface area contributed by atoms with Crippen LogP contribution in [0, 0.1) is 6.92 Å². The molecule has 4 rings (SSSR count). The first-order valence-electron chi connectivity index (χ1n) is 7.66. The van der Waals surface area contributed by atoms with E-state index in [9.17, 15) is 4.79 Å². The Morgan fingerprint density at radius 1 is 1.17 bits per heavy atom. The molecule has 2 fully saturated rings. The number of amides is 1. The number of hydrogen-bond acceptors (Lipinski definition) is 3. The van der Waals surface area contributed by atoms with Gasteiger partial charge in [0.15, 0.2) is 0 Å². The van der Waals surface area contributed by atoms with Crippen LogP contribution in [0.5, 0.6) is 0 Å². The zero-order valence-corrected chi connectivity index (χ0v) is 14.1. The van der Waals surface area contributed by atoms with Crippen LogP contribution in [0.4, 0.5) is 5.69 Å². The second-order valence-electron chi connectivity index (χ2n) is 6.02. The van der Waals surface area contributed by atoms with Crippen molar-refractivity contribution < 1.29 is 9.21 Å². The SMILES string of the molecule is Cc1ccc([C@H]2N(c3ccc(Cl)c(Cl)c3)C(=O)[C@@H]3CCCN32)o1. The summed E-state index contributed by atoms with van der Waals surface area (Å²) in [6, 6.07) is 9.08. The molecule has 2 atom stereocenters. The zero-order valence-electron chi connectivity index (χ0n) is 12.6. The molecule has 2 aromatic rings. The Bertz CT molecular complexity index is 774. The van der Waals surface area contributed by atoms with Crippen LogP contribution in [0.3, 0.4) is 0 Å². The Labute approximate surface area is 144 Å². The van der Waals surface area contributed by atoms with Gasteiger partial charge in [-0.25, -0.2) is 0 Å². The van der Waals surface area contributed by atoms with Gasteiger partial charge in [-0.3, -0.25) is 14.6 Å². The molecule has 0 radical (unpaired) electrons. The number of benzene rings is 1. The zero-order chi connectivity index (χ0) is 16.1. The van der Waals surface area contributed by atoms with E-state index in [1.54, 1.807) is 17.0 Å². The van der Waals surface area contributed by atoms with Gasteiger partial charge in [-0.1, -0.05) is 23.2 Å². The predicted octanol–water partition coefficient (Wildman–Crippen LogP) is 4.40. The predicted molar refractivity (Wildman–Crippen MR) is 89.9 cm³/mol. The number of fused-ring (bicyclic) bond motifs is 1. The van der Waals surface area contributed by atoms with Crippen LogP contribution in [-0.2, 0) is 4.79 Å². The molecular formula is C17H16Cl2N2O2. The molecule has 4 nitrogen and oxygen atoms in total. The molecule has 6 heteroatoms. The van der Waals surface area contributed by atoms with Crippen LogP contribution in [-0.4, -0.2) is 23.4 Å². The highest BCUT2D eigenvalue weighted by molar-refractivity contribution is 6.42. The number of nitrogens with zero attached hydrogens (tertiary/aromatic N) is 2. The van der Waals surface area contributed by atoms with Gasteiger partial charge < -0.3 is 4.42 Å². The van der Waals surface area contributed by atoms with Crippen molar-refractivity contribution in [3.8, 4) is 0 Å². The largest absolute Gasteiger partial charge is 0.463 e. The van der Waals surface area contributed by atoms with Crippen molar-refractivity contribution in [3.05, 3.63) is 51.9 Å². The molecule has 1 aromatic carbocycles. The van der Waals surface area contributed by atoms with Crippen molar-refractivity contribution in [3.63, 3.8) is 0 Å². The topological polar surface area (TPSA) is 36.7 Å². The molecule has 2 aliphatic rings. The average molecular weight is 351 g/mol. The van der Waals surface area contributed by atoms with Crippen LogP contribution < -0.4 is 4.90 Å². The monoisotopic (exact) mass is 350 g/mol. The van der Waals surface area contributed by atoms with Crippen molar-refractivity contribution in [1.82, 2.24) is 4.90 Å². The molecule has 0 saturated carbocycles. The molecule has 0 aliphatic carbocycles. The molecule has 2 saturated heterocycles. The molecule has 120 valence electrons. The summed E-state index contributed by atoms with van der Waals surface area (Å²) in [6.07, 6.45) is 1.69. The fourth-order valence-corrected chi connectivity index (χ4v) is 3.85. The van der Waals surface area contributed by atoms with E-state index in [1.807, 2.05) is 25.1 Å². The fraction of sp³-hybridized carbons (Fsp3) is 0.353.